The predicted octanol–water partition coefficient (Wildman–Crippen LogP) is 1.96. The molecular formula is C21H25N3O5. The summed E-state index contributed by atoms with van der Waals surface area (Å²) >= 11 is 0. The lowest BCUT2D eigenvalue weighted by Crippen LogP contribution is -2.48. The number of hydrogen-bond donors (Lipinski definition) is 4. The Labute approximate surface area is 168 Å². The Morgan fingerprint density at radius 2 is 1.52 bits per heavy atom. The van der Waals surface area contributed by atoms with Crippen LogP contribution < -0.4 is 16.2 Å². The van der Waals surface area contributed by atoms with Crippen molar-refractivity contribution in [3.05, 3.63) is 42.0 Å². The van der Waals surface area contributed by atoms with Crippen LogP contribution in [-0.2, 0) is 14.4 Å². The Bertz CT molecular complexity index is 869. The van der Waals surface area contributed by atoms with E-state index in [1.165, 1.54) is 12.1 Å². The molecule has 2 aliphatic rings. The van der Waals surface area contributed by atoms with E-state index in [0.717, 1.165) is 0 Å². The van der Waals surface area contributed by atoms with Gasteiger partial charge in [0.25, 0.3) is 5.91 Å². The molecule has 3 amide bonds. The van der Waals surface area contributed by atoms with Gasteiger partial charge in [-0.15, -0.1) is 0 Å². The zero-order valence-electron chi connectivity index (χ0n) is 16.6. The van der Waals surface area contributed by atoms with Crippen molar-refractivity contribution in [1.82, 2.24) is 10.9 Å². The first-order chi connectivity index (χ1) is 13.6. The lowest BCUT2D eigenvalue weighted by atomic mass is 9.82. The Kier molecular flexibility index (Phi) is 5.46. The molecule has 0 unspecified atom stereocenters. The van der Waals surface area contributed by atoms with Crippen molar-refractivity contribution >= 4 is 29.4 Å². The van der Waals surface area contributed by atoms with Crippen LogP contribution in [-0.4, -0.2) is 28.8 Å². The van der Waals surface area contributed by atoms with Gasteiger partial charge < -0.3 is 10.4 Å². The second-order valence-electron chi connectivity index (χ2n) is 8.56. The molecule has 4 atom stereocenters. The molecular weight excluding hydrogens is 374 g/mol. The summed E-state index contributed by atoms with van der Waals surface area (Å²) in [6, 6.07) is 6.25. The van der Waals surface area contributed by atoms with E-state index < -0.39 is 35.0 Å². The number of allylic oxidation sites excluding steroid dienone is 2. The van der Waals surface area contributed by atoms with Gasteiger partial charge in [0.15, 0.2) is 0 Å². The van der Waals surface area contributed by atoms with Gasteiger partial charge in [-0.25, -0.2) is 0 Å². The lowest BCUT2D eigenvalue weighted by Gasteiger charge is -2.23. The number of amides is 3. The zero-order valence-corrected chi connectivity index (χ0v) is 16.6. The summed E-state index contributed by atoms with van der Waals surface area (Å²) < 4.78 is 0. The van der Waals surface area contributed by atoms with Crippen LogP contribution >= 0.6 is 0 Å². The molecule has 8 heteroatoms. The Hall–Kier alpha value is -3.16. The molecule has 0 heterocycles. The number of aliphatic carboxylic acids is 1. The molecule has 1 aromatic rings. The molecule has 8 nitrogen and oxygen atoms in total. The molecule has 0 saturated heterocycles. The van der Waals surface area contributed by atoms with Crippen LogP contribution in [0.3, 0.4) is 0 Å². The third-order valence-corrected chi connectivity index (χ3v) is 5.43. The minimum Gasteiger partial charge on any atom is -0.481 e. The lowest BCUT2D eigenvalue weighted by molar-refractivity contribution is -0.148. The number of rotatable bonds is 4. The van der Waals surface area contributed by atoms with Crippen LogP contribution in [0, 0.1) is 29.1 Å². The summed E-state index contributed by atoms with van der Waals surface area (Å²) in [5, 5.41) is 12.2. The average molecular weight is 399 g/mol. The highest BCUT2D eigenvalue weighted by molar-refractivity contribution is 5.98. The molecule has 29 heavy (non-hydrogen) atoms. The summed E-state index contributed by atoms with van der Waals surface area (Å²) in [6.07, 6.45) is 4.37. The van der Waals surface area contributed by atoms with Gasteiger partial charge in [-0.3, -0.25) is 30.0 Å². The van der Waals surface area contributed by atoms with Crippen molar-refractivity contribution in [2.24, 2.45) is 29.1 Å². The fraction of sp³-hybridized carbons (Fsp3) is 0.429. The normalized spacial score (nSPS) is 24.8. The molecule has 2 bridgehead atoms. The third kappa shape index (κ3) is 4.31. The van der Waals surface area contributed by atoms with Gasteiger partial charge in [-0.05, 0) is 42.5 Å². The SMILES string of the molecule is CC(C)(C)C(=O)Nc1ccc(C(=O)NNC(=O)[C@H]2[C@H](C(=O)O)[C@H]3C=C[C@H]2C3)cc1. The van der Waals surface area contributed by atoms with Crippen molar-refractivity contribution in [1.29, 1.82) is 0 Å². The van der Waals surface area contributed by atoms with Gasteiger partial charge in [0.2, 0.25) is 11.8 Å². The molecule has 154 valence electrons. The number of carboxylic acids is 1. The topological polar surface area (TPSA) is 125 Å². The maximum Gasteiger partial charge on any atom is 0.307 e. The summed E-state index contributed by atoms with van der Waals surface area (Å²) in [5.74, 6) is -3.90. The first-order valence-electron chi connectivity index (χ1n) is 9.51. The molecule has 0 radical (unpaired) electrons. The standard InChI is InChI=1S/C21H25N3O5/c1-21(2,3)20(29)22-14-8-6-11(7-9-14)17(25)23-24-18(26)15-12-4-5-13(10-12)16(15)19(27)28/h4-9,12-13,15-16H,10H2,1-3H3,(H,22,29)(H,23,25)(H,24,26)(H,27,28)/t12-,13-,15+,16+/m0/s1. The maximum absolute atomic E-state index is 12.5. The van der Waals surface area contributed by atoms with E-state index in [1.54, 1.807) is 32.9 Å². The van der Waals surface area contributed by atoms with E-state index in [4.69, 9.17) is 0 Å². The van der Waals surface area contributed by atoms with Crippen LogP contribution in [0.5, 0.6) is 0 Å². The number of hydrogen-bond acceptors (Lipinski definition) is 4. The molecule has 3 rings (SSSR count). The van der Waals surface area contributed by atoms with Gasteiger partial charge in [-0.2, -0.15) is 0 Å². The van der Waals surface area contributed by atoms with E-state index >= 15 is 0 Å². The van der Waals surface area contributed by atoms with E-state index in [0.29, 0.717) is 17.7 Å². The van der Waals surface area contributed by atoms with Crippen molar-refractivity contribution in [2.75, 3.05) is 5.32 Å². The van der Waals surface area contributed by atoms with E-state index in [1.807, 2.05) is 12.2 Å². The van der Waals surface area contributed by atoms with Crippen molar-refractivity contribution in [3.8, 4) is 0 Å². The van der Waals surface area contributed by atoms with E-state index in [2.05, 4.69) is 16.2 Å². The fourth-order valence-electron chi connectivity index (χ4n) is 3.81. The second kappa shape index (κ2) is 7.69. The molecule has 0 aromatic heterocycles. The number of anilines is 1. The highest BCUT2D eigenvalue weighted by Gasteiger charge is 2.51. The first kappa shape index (κ1) is 20.6. The van der Waals surface area contributed by atoms with E-state index in [9.17, 15) is 24.3 Å². The van der Waals surface area contributed by atoms with Crippen molar-refractivity contribution in [3.63, 3.8) is 0 Å². The summed E-state index contributed by atoms with van der Waals surface area (Å²) in [5.41, 5.74) is 5.00. The van der Waals surface area contributed by atoms with Crippen LogP contribution in [0.25, 0.3) is 0 Å². The number of benzene rings is 1. The van der Waals surface area contributed by atoms with Gasteiger partial charge >= 0.3 is 5.97 Å². The number of carbonyl (C=O) groups excluding carboxylic acids is 3. The quantitative estimate of drug-likeness (QED) is 0.455. The fourth-order valence-corrected chi connectivity index (χ4v) is 3.81. The van der Waals surface area contributed by atoms with Crippen LogP contribution in [0.2, 0.25) is 0 Å². The van der Waals surface area contributed by atoms with Gasteiger partial charge in [0.05, 0.1) is 11.8 Å². The number of carboxylic acid groups (broad SMARTS) is 1. The molecule has 1 fully saturated rings. The van der Waals surface area contributed by atoms with Crippen LogP contribution in [0.4, 0.5) is 5.69 Å². The van der Waals surface area contributed by atoms with Gasteiger partial charge in [-0.1, -0.05) is 32.9 Å². The molecule has 0 aliphatic heterocycles. The van der Waals surface area contributed by atoms with Gasteiger partial charge in [0.1, 0.15) is 0 Å². The minimum atomic E-state index is -0.999. The Morgan fingerprint density at radius 3 is 2.07 bits per heavy atom. The molecule has 2 aliphatic carbocycles. The van der Waals surface area contributed by atoms with E-state index in [-0.39, 0.29) is 17.7 Å². The number of hydrazine groups is 1. The third-order valence-electron chi connectivity index (χ3n) is 5.43. The zero-order chi connectivity index (χ0) is 21.3. The second-order valence-corrected chi connectivity index (χ2v) is 8.56. The highest BCUT2D eigenvalue weighted by atomic mass is 16.4. The summed E-state index contributed by atoms with van der Waals surface area (Å²) in [4.78, 5) is 48.3. The number of fused-ring (bicyclic) bond motifs is 2. The Morgan fingerprint density at radius 1 is 0.931 bits per heavy atom. The van der Waals surface area contributed by atoms with Gasteiger partial charge in [0, 0.05) is 16.7 Å². The highest BCUT2D eigenvalue weighted by Crippen LogP contribution is 2.48. The summed E-state index contributed by atoms with van der Waals surface area (Å²) in [6.45, 7) is 5.40. The monoisotopic (exact) mass is 399 g/mol. The molecule has 1 aromatic carbocycles. The number of carbonyl (C=O) groups is 4. The molecule has 1 saturated carbocycles. The van der Waals surface area contributed by atoms with Crippen LogP contribution in [0.1, 0.15) is 37.6 Å². The average Bonchev–Trinajstić information content (AvgIpc) is 3.27. The van der Waals surface area contributed by atoms with Crippen molar-refractivity contribution in [2.45, 2.75) is 27.2 Å². The van der Waals surface area contributed by atoms with Crippen molar-refractivity contribution < 1.29 is 24.3 Å². The first-order valence-corrected chi connectivity index (χ1v) is 9.51. The number of nitrogens with one attached hydrogen (secondary N) is 3. The summed E-state index contributed by atoms with van der Waals surface area (Å²) in [7, 11) is 0. The Balaban J connectivity index is 1.57. The molecule has 0 spiro atoms. The largest absolute Gasteiger partial charge is 0.481 e. The van der Waals surface area contributed by atoms with Crippen LogP contribution in [0.15, 0.2) is 36.4 Å². The molecule has 4 N–H and O–H groups in total. The predicted molar refractivity (Wildman–Crippen MR) is 105 cm³/mol. The smallest absolute Gasteiger partial charge is 0.307 e. The minimum absolute atomic E-state index is 0.122. The maximum atomic E-state index is 12.5.